The highest BCUT2D eigenvalue weighted by atomic mass is 35.5. The molecule has 1 amide bonds. The van der Waals surface area contributed by atoms with E-state index < -0.39 is 0 Å². The third-order valence-electron chi connectivity index (χ3n) is 6.11. The Bertz CT molecular complexity index is 373. The van der Waals surface area contributed by atoms with Crippen molar-refractivity contribution in [2.24, 2.45) is 5.41 Å². The molecular weight excluding hydrogens is 347 g/mol. The Labute approximate surface area is 159 Å². The summed E-state index contributed by atoms with van der Waals surface area (Å²) in [7, 11) is 0. The van der Waals surface area contributed by atoms with Crippen molar-refractivity contribution in [3.05, 3.63) is 0 Å². The lowest BCUT2D eigenvalue weighted by atomic mass is 9.71. The summed E-state index contributed by atoms with van der Waals surface area (Å²) in [6.07, 6.45) is 5.02. The molecule has 3 aliphatic heterocycles. The van der Waals surface area contributed by atoms with Gasteiger partial charge in [0, 0.05) is 39.3 Å². The molecule has 0 aromatic heterocycles. The molecule has 1 spiro atoms. The van der Waals surface area contributed by atoms with E-state index in [1.807, 2.05) is 0 Å². The van der Waals surface area contributed by atoms with Crippen molar-refractivity contribution in [1.82, 2.24) is 20.0 Å². The van der Waals surface area contributed by atoms with E-state index in [1.54, 1.807) is 0 Å². The van der Waals surface area contributed by atoms with Gasteiger partial charge in [0.2, 0.25) is 5.91 Å². The van der Waals surface area contributed by atoms with Crippen molar-refractivity contribution < 1.29 is 4.79 Å². The Hall–Kier alpha value is -0.0700. The number of piperidine rings is 2. The fourth-order valence-corrected chi connectivity index (χ4v) is 4.24. The number of carbonyl (C=O) groups is 1. The van der Waals surface area contributed by atoms with Crippen molar-refractivity contribution in [2.45, 2.75) is 32.6 Å². The zero-order valence-electron chi connectivity index (χ0n) is 15.0. The average Bonchev–Trinajstić information content (AvgIpc) is 2.57. The molecule has 3 aliphatic rings. The van der Waals surface area contributed by atoms with Crippen LogP contribution in [-0.2, 0) is 4.79 Å². The van der Waals surface area contributed by atoms with E-state index >= 15 is 0 Å². The summed E-state index contributed by atoms with van der Waals surface area (Å²) in [5, 5.41) is 3.46. The molecule has 0 radical (unpaired) electrons. The number of carbonyl (C=O) groups excluding carboxylic acids is 1. The second-order valence-electron chi connectivity index (χ2n) is 7.34. The minimum Gasteiger partial charge on any atom is -0.342 e. The van der Waals surface area contributed by atoms with Gasteiger partial charge in [0.25, 0.3) is 0 Å². The maximum atomic E-state index is 12.5. The van der Waals surface area contributed by atoms with Gasteiger partial charge in [-0.15, -0.1) is 24.8 Å². The summed E-state index contributed by atoms with van der Waals surface area (Å²) >= 11 is 0. The molecule has 0 unspecified atom stereocenters. The van der Waals surface area contributed by atoms with Gasteiger partial charge >= 0.3 is 0 Å². The normalized spacial score (nSPS) is 25.0. The van der Waals surface area contributed by atoms with Gasteiger partial charge < -0.3 is 15.1 Å². The van der Waals surface area contributed by atoms with Crippen LogP contribution in [0.1, 0.15) is 32.6 Å². The first-order valence-corrected chi connectivity index (χ1v) is 9.14. The van der Waals surface area contributed by atoms with Crippen LogP contribution < -0.4 is 5.32 Å². The number of halogens is 2. The van der Waals surface area contributed by atoms with Crippen molar-refractivity contribution in [3.8, 4) is 0 Å². The number of nitrogens with one attached hydrogen (secondary N) is 1. The largest absolute Gasteiger partial charge is 0.342 e. The van der Waals surface area contributed by atoms with Crippen molar-refractivity contribution in [1.29, 1.82) is 0 Å². The van der Waals surface area contributed by atoms with Crippen LogP contribution in [0.2, 0.25) is 0 Å². The van der Waals surface area contributed by atoms with Gasteiger partial charge in [-0.3, -0.25) is 9.69 Å². The summed E-state index contributed by atoms with van der Waals surface area (Å²) < 4.78 is 0. The van der Waals surface area contributed by atoms with Gasteiger partial charge in [0.05, 0.1) is 6.54 Å². The van der Waals surface area contributed by atoms with E-state index in [0.717, 1.165) is 58.9 Å². The van der Waals surface area contributed by atoms with E-state index in [0.29, 0.717) is 17.9 Å². The Balaban J connectivity index is 0.00000144. The number of likely N-dealkylation sites (tertiary alicyclic amines) is 1. The number of rotatable bonds is 3. The molecule has 142 valence electrons. The molecular formula is C17H34Cl2N4O. The lowest BCUT2D eigenvalue weighted by Gasteiger charge is -2.45. The SMILES string of the molecule is CCN1CCN(CC(=O)N2CCC3(CCNCC3)CC2)CC1.Cl.Cl. The lowest BCUT2D eigenvalue weighted by Crippen LogP contribution is -2.52. The molecule has 0 bridgehead atoms. The smallest absolute Gasteiger partial charge is 0.236 e. The fraction of sp³-hybridized carbons (Fsp3) is 0.941. The van der Waals surface area contributed by atoms with Crippen molar-refractivity contribution >= 4 is 30.7 Å². The summed E-state index contributed by atoms with van der Waals surface area (Å²) in [6, 6.07) is 0. The number of nitrogens with zero attached hydrogens (tertiary/aromatic N) is 3. The van der Waals surface area contributed by atoms with Crippen LogP contribution in [0.15, 0.2) is 0 Å². The summed E-state index contributed by atoms with van der Waals surface area (Å²) in [5.74, 6) is 0.355. The van der Waals surface area contributed by atoms with E-state index in [4.69, 9.17) is 0 Å². The van der Waals surface area contributed by atoms with Crippen LogP contribution in [0.5, 0.6) is 0 Å². The predicted octanol–water partition coefficient (Wildman–Crippen LogP) is 1.46. The third kappa shape index (κ3) is 5.46. The van der Waals surface area contributed by atoms with Gasteiger partial charge in [0.1, 0.15) is 0 Å². The summed E-state index contributed by atoms with van der Waals surface area (Å²) in [6.45, 7) is 12.6. The third-order valence-corrected chi connectivity index (χ3v) is 6.11. The molecule has 3 fully saturated rings. The van der Waals surface area contributed by atoms with Gasteiger partial charge in [-0.2, -0.15) is 0 Å². The molecule has 1 N–H and O–H groups in total. The molecule has 7 heteroatoms. The molecule has 5 nitrogen and oxygen atoms in total. The molecule has 3 rings (SSSR count). The Morgan fingerprint density at radius 2 is 1.42 bits per heavy atom. The monoisotopic (exact) mass is 380 g/mol. The maximum Gasteiger partial charge on any atom is 0.236 e. The zero-order chi connectivity index (χ0) is 15.4. The van der Waals surface area contributed by atoms with Crippen molar-refractivity contribution in [2.75, 3.05) is 65.4 Å². The Kier molecular flexibility index (Phi) is 9.31. The molecule has 0 saturated carbocycles. The van der Waals surface area contributed by atoms with Gasteiger partial charge in [0.15, 0.2) is 0 Å². The van der Waals surface area contributed by atoms with E-state index in [1.165, 1.54) is 25.7 Å². The first-order chi connectivity index (χ1) is 10.7. The highest BCUT2D eigenvalue weighted by molar-refractivity contribution is 5.85. The van der Waals surface area contributed by atoms with Crippen LogP contribution in [0.3, 0.4) is 0 Å². The van der Waals surface area contributed by atoms with E-state index in [-0.39, 0.29) is 24.8 Å². The number of amides is 1. The van der Waals surface area contributed by atoms with Crippen LogP contribution in [0.4, 0.5) is 0 Å². The fourth-order valence-electron chi connectivity index (χ4n) is 4.24. The number of hydrogen-bond acceptors (Lipinski definition) is 4. The minimum absolute atomic E-state index is 0. The zero-order valence-corrected chi connectivity index (χ0v) is 16.6. The Morgan fingerprint density at radius 1 is 0.875 bits per heavy atom. The Morgan fingerprint density at radius 3 is 1.96 bits per heavy atom. The molecule has 3 saturated heterocycles. The second kappa shape index (κ2) is 10.2. The average molecular weight is 381 g/mol. The highest BCUT2D eigenvalue weighted by Gasteiger charge is 2.36. The van der Waals surface area contributed by atoms with Gasteiger partial charge in [-0.05, 0) is 50.7 Å². The van der Waals surface area contributed by atoms with Gasteiger partial charge in [-0.25, -0.2) is 0 Å². The van der Waals surface area contributed by atoms with Crippen molar-refractivity contribution in [3.63, 3.8) is 0 Å². The van der Waals surface area contributed by atoms with Crippen LogP contribution in [-0.4, -0.2) is 86.1 Å². The standard InChI is InChI=1S/C17H32N4O.2ClH/c1-2-19-11-13-20(14-12-19)15-16(22)21-9-5-17(6-10-21)3-7-18-8-4-17;;/h18H,2-15H2,1H3;2*1H. The summed E-state index contributed by atoms with van der Waals surface area (Å²) in [4.78, 5) is 19.5. The topological polar surface area (TPSA) is 38.8 Å². The van der Waals surface area contributed by atoms with E-state index in [2.05, 4.69) is 26.9 Å². The molecule has 0 aliphatic carbocycles. The van der Waals surface area contributed by atoms with Gasteiger partial charge in [-0.1, -0.05) is 6.92 Å². The minimum atomic E-state index is 0. The molecule has 24 heavy (non-hydrogen) atoms. The van der Waals surface area contributed by atoms with E-state index in [9.17, 15) is 4.79 Å². The first kappa shape index (κ1) is 22.0. The highest BCUT2D eigenvalue weighted by Crippen LogP contribution is 2.39. The van der Waals surface area contributed by atoms with Crippen LogP contribution >= 0.6 is 24.8 Å². The second-order valence-corrected chi connectivity index (χ2v) is 7.34. The lowest BCUT2D eigenvalue weighted by molar-refractivity contribution is -0.135. The maximum absolute atomic E-state index is 12.5. The molecule has 0 atom stereocenters. The first-order valence-electron chi connectivity index (χ1n) is 9.14. The van der Waals surface area contributed by atoms with Crippen LogP contribution in [0.25, 0.3) is 0 Å². The molecule has 0 aromatic carbocycles. The number of likely N-dealkylation sites (N-methyl/N-ethyl adjacent to an activating group) is 1. The summed E-state index contributed by atoms with van der Waals surface area (Å²) in [5.41, 5.74) is 0.536. The van der Waals surface area contributed by atoms with Crippen LogP contribution in [0, 0.1) is 5.41 Å². The molecule has 3 heterocycles. The predicted molar refractivity (Wildman–Crippen MR) is 103 cm³/mol. The quantitative estimate of drug-likeness (QED) is 0.804. The molecule has 0 aromatic rings. The number of hydrogen-bond donors (Lipinski definition) is 1. The number of piperazine rings is 1.